The van der Waals surface area contributed by atoms with Crippen LogP contribution in [0.15, 0.2) is 146 Å². The Morgan fingerprint density at radius 2 is 0.586 bits per heavy atom. The minimum absolute atomic E-state index is 1.20. The van der Waals surface area contributed by atoms with Gasteiger partial charge in [-0.3, -0.25) is 0 Å². The molecule has 294 valence electrons. The number of para-hydroxylation sites is 2. The first-order chi connectivity index (χ1) is 27.3. The number of nitrogens with zero attached hydrogens (tertiary/aromatic N) is 2. The van der Waals surface area contributed by atoms with Crippen molar-refractivity contribution in [1.82, 2.24) is 0 Å². The van der Waals surface area contributed by atoms with E-state index in [2.05, 4.69) is 224 Å². The molecule has 0 saturated carbocycles. The molecule has 8 aromatic carbocycles. The van der Waals surface area contributed by atoms with Gasteiger partial charge >= 0.3 is 362 Å². The van der Waals surface area contributed by atoms with Crippen LogP contribution in [-0.2, 0) is 0 Å². The van der Waals surface area contributed by atoms with E-state index >= 15 is 0 Å². The van der Waals surface area contributed by atoms with Crippen molar-refractivity contribution in [3.05, 3.63) is 146 Å². The van der Waals surface area contributed by atoms with Crippen molar-refractivity contribution in [2.24, 2.45) is 0 Å². The van der Waals surface area contributed by atoms with Gasteiger partial charge in [0, 0.05) is 0 Å². The van der Waals surface area contributed by atoms with Crippen molar-refractivity contribution in [3.63, 3.8) is 0 Å². The van der Waals surface area contributed by atoms with Crippen molar-refractivity contribution in [2.75, 3.05) is 9.80 Å². The summed E-state index contributed by atoms with van der Waals surface area (Å²) < 4.78 is 6.31. The quantitative estimate of drug-likeness (QED) is 0.0995. The Hall–Kier alpha value is -3.43. The second-order valence-electron chi connectivity index (χ2n) is 20.5. The summed E-state index contributed by atoms with van der Waals surface area (Å²) in [5, 5.41) is 7.81. The molecular formula is C52H60Ge4N2. The van der Waals surface area contributed by atoms with Crippen molar-refractivity contribution < 1.29 is 0 Å². The van der Waals surface area contributed by atoms with Crippen LogP contribution in [0.4, 0.5) is 34.1 Å². The summed E-state index contributed by atoms with van der Waals surface area (Å²) in [6.07, 6.45) is 0. The molecule has 0 heterocycles. The summed E-state index contributed by atoms with van der Waals surface area (Å²) in [6, 6.07) is 56.4. The second-order valence-corrected chi connectivity index (χ2v) is 63.1. The van der Waals surface area contributed by atoms with E-state index in [1.165, 1.54) is 66.4 Å². The summed E-state index contributed by atoms with van der Waals surface area (Å²) in [6.45, 7) is 0. The maximum atomic E-state index is 2.59. The van der Waals surface area contributed by atoms with Crippen LogP contribution < -0.4 is 27.4 Å². The van der Waals surface area contributed by atoms with Gasteiger partial charge in [0.2, 0.25) is 0 Å². The van der Waals surface area contributed by atoms with Crippen LogP contribution in [0, 0.1) is 0 Å². The molecule has 0 radical (unpaired) electrons. The first-order valence-electron chi connectivity index (χ1n) is 21.0. The van der Waals surface area contributed by atoms with Crippen LogP contribution in [0.25, 0.3) is 32.3 Å². The molecule has 0 aliphatic rings. The van der Waals surface area contributed by atoms with E-state index in [4.69, 9.17) is 0 Å². The molecule has 58 heavy (non-hydrogen) atoms. The Morgan fingerprint density at radius 1 is 0.293 bits per heavy atom. The summed E-state index contributed by atoms with van der Waals surface area (Å²) in [5.41, 5.74) is 7.43. The first kappa shape index (κ1) is 41.3. The molecule has 8 aromatic rings. The van der Waals surface area contributed by atoms with Gasteiger partial charge in [-0.15, -0.1) is 0 Å². The fraction of sp³-hybridized carbons (Fsp3) is 0.231. The number of anilines is 6. The molecule has 0 amide bonds. The van der Waals surface area contributed by atoms with Gasteiger partial charge in [-0.2, -0.15) is 0 Å². The molecule has 0 saturated heterocycles. The van der Waals surface area contributed by atoms with Gasteiger partial charge in [-0.1, -0.05) is 0 Å². The number of rotatable bonds is 10. The molecule has 0 bridgehead atoms. The van der Waals surface area contributed by atoms with Gasteiger partial charge in [-0.05, 0) is 0 Å². The standard InChI is InChI=1S/C52H60Ge4N2/c1-53(2,3)39-31-40(54(4,5)6)34-45(33-39)57(43-19-15-13-16-20-43)49-29-25-37-24-28-48-50(30-26-38-23-27-47(49)51(37)52(38)48)58(44-21-17-14-18-22-44)46-35-41(55(7,8)9)32-42(36-46)56(10,11)12/h13-36H,1-12H3. The van der Waals surface area contributed by atoms with Crippen molar-refractivity contribution >= 4 is 137 Å². The predicted octanol–water partition coefficient (Wildman–Crippen LogP) is 13.7. The molecule has 2 nitrogen and oxygen atoms in total. The molecule has 0 spiro atoms. The molecule has 8 rings (SSSR count). The maximum absolute atomic E-state index is 2.59. The van der Waals surface area contributed by atoms with E-state index in [-0.39, 0.29) is 0 Å². The van der Waals surface area contributed by atoms with Crippen molar-refractivity contribution in [1.29, 1.82) is 0 Å². The summed E-state index contributed by atoms with van der Waals surface area (Å²) in [4.78, 5) is 5.11. The average molecular weight is 1000 g/mol. The zero-order valence-electron chi connectivity index (χ0n) is 36.8. The van der Waals surface area contributed by atoms with Gasteiger partial charge in [0.25, 0.3) is 0 Å². The predicted molar refractivity (Wildman–Crippen MR) is 271 cm³/mol. The third-order valence-electron chi connectivity index (χ3n) is 11.9. The zero-order chi connectivity index (χ0) is 41.4. The summed E-state index contributed by atoms with van der Waals surface area (Å²) in [7, 11) is 0. The molecule has 0 N–H and O–H groups in total. The first-order valence-corrected chi connectivity index (χ1v) is 50.4. The third kappa shape index (κ3) is 7.96. The average Bonchev–Trinajstić information content (AvgIpc) is 3.17. The van der Waals surface area contributed by atoms with Gasteiger partial charge in [-0.25, -0.2) is 0 Å². The van der Waals surface area contributed by atoms with E-state index in [0.717, 1.165) is 0 Å². The van der Waals surface area contributed by atoms with Gasteiger partial charge < -0.3 is 0 Å². The summed E-state index contributed by atoms with van der Waals surface area (Å²) >= 11 is -8.81. The molecule has 0 unspecified atom stereocenters. The number of benzene rings is 8. The Morgan fingerprint density at radius 3 is 0.879 bits per heavy atom. The van der Waals surface area contributed by atoms with Crippen LogP contribution >= 0.6 is 0 Å². The molecular weight excluding hydrogens is 943 g/mol. The molecule has 0 aliphatic heterocycles. The molecule has 6 heteroatoms. The van der Waals surface area contributed by atoms with E-state index in [0.29, 0.717) is 0 Å². The molecule has 0 fully saturated rings. The third-order valence-corrected chi connectivity index (χ3v) is 28.9. The second kappa shape index (κ2) is 15.2. The molecule has 0 aromatic heterocycles. The van der Waals surface area contributed by atoms with Gasteiger partial charge in [0.15, 0.2) is 0 Å². The topological polar surface area (TPSA) is 6.48 Å². The van der Waals surface area contributed by atoms with Crippen molar-refractivity contribution in [2.45, 2.75) is 69.1 Å². The zero-order valence-corrected chi connectivity index (χ0v) is 45.1. The van der Waals surface area contributed by atoms with Crippen LogP contribution in [0.3, 0.4) is 0 Å². The Bertz CT molecular complexity index is 2510. The fourth-order valence-corrected chi connectivity index (χ4v) is 19.5. The van der Waals surface area contributed by atoms with E-state index in [1.54, 1.807) is 17.6 Å². The van der Waals surface area contributed by atoms with Crippen LogP contribution in [-0.4, -0.2) is 53.1 Å². The minimum atomic E-state index is -2.20. The van der Waals surface area contributed by atoms with Crippen LogP contribution in [0.2, 0.25) is 69.1 Å². The van der Waals surface area contributed by atoms with Gasteiger partial charge in [0.1, 0.15) is 0 Å². The summed E-state index contributed by atoms with van der Waals surface area (Å²) in [5.74, 6) is 30.4. The SMILES string of the molecule is [CH3][Ge]([CH3])([CH3])[c]1cc(N(c2ccccc2)c2ccc3ccc4c(N(c5ccccc5)c5c[c]([Ge]([CH3])([CH3])[CH3])c[c]([Ge]([CH3])([CH3])[CH3])c5)ccc5ccc2c3c54)c[c]([Ge]([CH3])([CH3])[CH3])c1. The normalized spacial score (nSPS) is 12.8. The Labute approximate surface area is 358 Å². The van der Waals surface area contributed by atoms with Crippen LogP contribution in [0.5, 0.6) is 0 Å². The van der Waals surface area contributed by atoms with Crippen molar-refractivity contribution in [3.8, 4) is 0 Å². The Kier molecular flexibility index (Phi) is 10.9. The molecule has 0 atom stereocenters. The van der Waals surface area contributed by atoms with E-state index in [1.807, 2.05) is 0 Å². The van der Waals surface area contributed by atoms with E-state index < -0.39 is 53.1 Å². The van der Waals surface area contributed by atoms with E-state index in [9.17, 15) is 0 Å². The number of hydrogen-bond acceptors (Lipinski definition) is 2. The Balaban J connectivity index is 1.42. The monoisotopic (exact) mass is 1010 g/mol. The molecule has 0 aliphatic carbocycles. The van der Waals surface area contributed by atoms with Crippen LogP contribution in [0.1, 0.15) is 0 Å². The fourth-order valence-electron chi connectivity index (χ4n) is 8.38. The van der Waals surface area contributed by atoms with Gasteiger partial charge in [0.05, 0.1) is 0 Å². The number of hydrogen-bond donors (Lipinski definition) is 0.